The normalized spacial score (nSPS) is 10.0. The van der Waals surface area contributed by atoms with Gasteiger partial charge in [-0.25, -0.2) is 0 Å². The molecular weight excluding hydrogens is 145 g/mol. The minimum absolute atomic E-state index is 0. The Morgan fingerprint density at radius 3 is 0.833 bits per heavy atom. The number of hydrogen-bond donors (Lipinski definition) is 0. The smallest absolute Gasteiger partial charge is 0.418 e. The van der Waals surface area contributed by atoms with Gasteiger partial charge in [-0.3, -0.25) is 0 Å². The van der Waals surface area contributed by atoms with E-state index in [4.69, 9.17) is 0 Å². The fraction of sp³-hybridized carbons (Fsp3) is 0. The summed E-state index contributed by atoms with van der Waals surface area (Å²) in [6, 6.07) is 0. The molecule has 0 unspecified atom stereocenters. The van der Waals surface area contributed by atoms with E-state index in [-0.39, 0.29) is 16.5 Å². The van der Waals surface area contributed by atoms with Gasteiger partial charge in [-0.1, -0.05) is 0 Å². The fourth-order valence-corrected chi connectivity index (χ4v) is 0. The zero-order valence-corrected chi connectivity index (χ0v) is 3.39. The molecule has 0 heterocycles. The molecule has 0 saturated carbocycles. The van der Waals surface area contributed by atoms with Crippen molar-refractivity contribution in [2.45, 2.75) is 0 Å². The van der Waals surface area contributed by atoms with E-state index in [1.165, 1.54) is 0 Å². The molecule has 0 bridgehead atoms. The van der Waals surface area contributed by atoms with Gasteiger partial charge in [0.2, 0.25) is 0 Å². The molecule has 0 aliphatic heterocycles. The summed E-state index contributed by atoms with van der Waals surface area (Å²) in [7, 11) is -6.00. The molecule has 0 spiro atoms. The number of hydrogen-bond acceptors (Lipinski definition) is 0. The molecule has 0 aliphatic carbocycles. The van der Waals surface area contributed by atoms with Crippen molar-refractivity contribution in [2.75, 3.05) is 0 Å². The van der Waals surface area contributed by atoms with Crippen molar-refractivity contribution >= 4 is 7.25 Å². The average molecular weight is 145 g/mol. The maximum Gasteiger partial charge on any atom is 0.673 e. The van der Waals surface area contributed by atoms with Crippen LogP contribution in [0.5, 0.6) is 0 Å². The first-order valence-electron chi connectivity index (χ1n) is 0.873. The van der Waals surface area contributed by atoms with E-state index in [9.17, 15) is 17.3 Å². The summed E-state index contributed by atoms with van der Waals surface area (Å²) >= 11 is 0. The maximum atomic E-state index is 9.75. The van der Waals surface area contributed by atoms with E-state index in [0.29, 0.717) is 0 Å². The van der Waals surface area contributed by atoms with Gasteiger partial charge >= 0.3 is 7.25 Å². The van der Waals surface area contributed by atoms with Gasteiger partial charge in [-0.15, -0.1) is 0 Å². The predicted octanol–water partition coefficient (Wildman–Crippen LogP) is 1.30. The molecule has 0 atom stereocenters. The van der Waals surface area contributed by atoms with Gasteiger partial charge in [0.25, 0.3) is 0 Å². The van der Waals surface area contributed by atoms with Crippen molar-refractivity contribution in [3.05, 3.63) is 0 Å². The molecule has 6 heteroatoms. The number of rotatable bonds is 0. The van der Waals surface area contributed by atoms with Gasteiger partial charge in [0.1, 0.15) is 0 Å². The summed E-state index contributed by atoms with van der Waals surface area (Å²) in [5, 5.41) is 0. The van der Waals surface area contributed by atoms with E-state index in [1.807, 2.05) is 0 Å². The van der Waals surface area contributed by atoms with Crippen molar-refractivity contribution in [1.82, 2.24) is 0 Å². The monoisotopic (exact) mass is 145 g/mol. The Balaban J connectivity index is 0. The van der Waals surface area contributed by atoms with Crippen molar-refractivity contribution < 1.29 is 33.8 Å². The van der Waals surface area contributed by atoms with Gasteiger partial charge in [0.15, 0.2) is 0 Å². The van der Waals surface area contributed by atoms with E-state index >= 15 is 0 Å². The molecule has 0 radical (unpaired) electrons. The third-order valence-electron chi connectivity index (χ3n) is 0. The number of halogens is 4. The summed E-state index contributed by atoms with van der Waals surface area (Å²) in [4.78, 5) is 0. The SMILES string of the molecule is F[B-](F)(F)F.[Ni]. The summed E-state index contributed by atoms with van der Waals surface area (Å²) < 4.78 is 39.0. The Kier molecular flexibility index (Phi) is 3.90. The molecule has 0 aromatic heterocycles. The van der Waals surface area contributed by atoms with Gasteiger partial charge in [0.05, 0.1) is 0 Å². The van der Waals surface area contributed by atoms with Gasteiger partial charge in [-0.05, 0) is 0 Å². The van der Waals surface area contributed by atoms with Gasteiger partial charge in [0, 0.05) is 16.5 Å². The van der Waals surface area contributed by atoms with E-state index in [1.54, 1.807) is 0 Å². The molecule has 0 saturated heterocycles. The van der Waals surface area contributed by atoms with Crippen molar-refractivity contribution in [3.8, 4) is 0 Å². The third kappa shape index (κ3) is 593. The quantitative estimate of drug-likeness (QED) is 0.356. The average Bonchev–Trinajstić information content (AvgIpc) is 0.722. The Morgan fingerprint density at radius 1 is 0.833 bits per heavy atom. The molecule has 0 aromatic carbocycles. The summed E-state index contributed by atoms with van der Waals surface area (Å²) in [5.74, 6) is 0. The maximum absolute atomic E-state index is 9.75. The van der Waals surface area contributed by atoms with Crippen LogP contribution in [-0.4, -0.2) is 7.25 Å². The summed E-state index contributed by atoms with van der Waals surface area (Å²) in [6.45, 7) is 0. The van der Waals surface area contributed by atoms with Crippen LogP contribution in [0.25, 0.3) is 0 Å². The van der Waals surface area contributed by atoms with E-state index < -0.39 is 7.25 Å². The van der Waals surface area contributed by atoms with E-state index in [2.05, 4.69) is 0 Å². The van der Waals surface area contributed by atoms with Crippen LogP contribution in [0.4, 0.5) is 17.3 Å². The van der Waals surface area contributed by atoms with Crippen LogP contribution in [0, 0.1) is 0 Å². The van der Waals surface area contributed by atoms with Gasteiger partial charge < -0.3 is 17.3 Å². The van der Waals surface area contributed by atoms with E-state index in [0.717, 1.165) is 0 Å². The standard InChI is InChI=1S/BF4.Ni/c2-1(3,4)5;/q-1;. The zero-order valence-electron chi connectivity index (χ0n) is 2.41. The first-order valence-corrected chi connectivity index (χ1v) is 0.873. The van der Waals surface area contributed by atoms with Crippen LogP contribution in [0.1, 0.15) is 0 Å². The molecule has 42 valence electrons. The van der Waals surface area contributed by atoms with Crippen LogP contribution in [0.2, 0.25) is 0 Å². The molecule has 0 rings (SSSR count). The molecular formula is BF4Ni-. The largest absolute Gasteiger partial charge is 0.673 e. The van der Waals surface area contributed by atoms with Crippen LogP contribution < -0.4 is 0 Å². The van der Waals surface area contributed by atoms with Crippen molar-refractivity contribution in [1.29, 1.82) is 0 Å². The van der Waals surface area contributed by atoms with Crippen LogP contribution in [-0.2, 0) is 16.5 Å². The van der Waals surface area contributed by atoms with Crippen LogP contribution >= 0.6 is 0 Å². The van der Waals surface area contributed by atoms with Gasteiger partial charge in [-0.2, -0.15) is 0 Å². The van der Waals surface area contributed by atoms with Crippen LogP contribution in [0.3, 0.4) is 0 Å². The molecule has 0 aliphatic rings. The summed E-state index contributed by atoms with van der Waals surface area (Å²) in [6.07, 6.45) is 0. The molecule has 0 aromatic rings. The molecule has 6 heavy (non-hydrogen) atoms. The Morgan fingerprint density at radius 2 is 0.833 bits per heavy atom. The first kappa shape index (κ1) is 9.56. The molecule has 0 nitrogen and oxygen atoms in total. The Bertz CT molecular complexity index is 23.0. The predicted molar refractivity (Wildman–Crippen MR) is 10.2 cm³/mol. The third-order valence-corrected chi connectivity index (χ3v) is 0. The second kappa shape index (κ2) is 2.45. The fourth-order valence-electron chi connectivity index (χ4n) is 0. The second-order valence-corrected chi connectivity index (χ2v) is 0.495. The molecule has 0 amide bonds. The topological polar surface area (TPSA) is 0 Å². The molecule has 0 fully saturated rings. The van der Waals surface area contributed by atoms with Crippen molar-refractivity contribution in [2.24, 2.45) is 0 Å². The van der Waals surface area contributed by atoms with Crippen molar-refractivity contribution in [3.63, 3.8) is 0 Å². The zero-order chi connectivity index (χ0) is 4.50. The Hall–Kier alpha value is 0.278. The summed E-state index contributed by atoms with van der Waals surface area (Å²) in [5.41, 5.74) is 0. The first-order chi connectivity index (χ1) is 2.00. The second-order valence-electron chi connectivity index (χ2n) is 0.495. The minimum atomic E-state index is -6.00. The van der Waals surface area contributed by atoms with Crippen LogP contribution in [0.15, 0.2) is 0 Å². The minimum Gasteiger partial charge on any atom is -0.418 e. The Labute approximate surface area is 41.9 Å². The molecule has 0 N–H and O–H groups in total.